The molecule has 0 aliphatic heterocycles. The van der Waals surface area contributed by atoms with Crippen LogP contribution in [0.3, 0.4) is 0 Å². The number of nitrogens with zero attached hydrogens (tertiary/aromatic N) is 1. The Morgan fingerprint density at radius 1 is 0.886 bits per heavy atom. The van der Waals surface area contributed by atoms with Crippen molar-refractivity contribution < 1.29 is 23.7 Å². The number of ether oxygens (including phenoxy) is 4. The van der Waals surface area contributed by atoms with Gasteiger partial charge in [-0.15, -0.1) is 0 Å². The highest BCUT2D eigenvalue weighted by Crippen LogP contribution is 2.18. The number of methoxy groups -OCH3 is 1. The monoisotopic (exact) mass is 485 g/mol. The molecule has 176 valence electrons. The Kier molecular flexibility index (Phi) is 9.94. The molecule has 0 fully saturated rings. The third-order valence-electron chi connectivity index (χ3n) is 4.61. The maximum atomic E-state index is 12.5. The minimum absolute atomic E-state index is 0.211. The Morgan fingerprint density at radius 2 is 1.49 bits per heavy atom. The topological polar surface area (TPSA) is 66.4 Å². The van der Waals surface area contributed by atoms with Gasteiger partial charge in [-0.05, 0) is 72.9 Å². The Bertz CT molecular complexity index is 1250. The quantitative estimate of drug-likeness (QED) is 0.0541. The lowest BCUT2D eigenvalue weighted by atomic mass is 10.1. The van der Waals surface area contributed by atoms with Crippen LogP contribution in [0.1, 0.15) is 27.0 Å². The summed E-state index contributed by atoms with van der Waals surface area (Å²) in [6.07, 6.45) is 0. The first-order chi connectivity index (χ1) is 17.1. The molecule has 0 aliphatic rings. The highest BCUT2D eigenvalue weighted by molar-refractivity contribution is 7.78. The van der Waals surface area contributed by atoms with Crippen molar-refractivity contribution in [2.75, 3.05) is 27.1 Å². The maximum Gasteiger partial charge on any atom is 0.343 e. The van der Waals surface area contributed by atoms with Crippen molar-refractivity contribution in [3.8, 4) is 17.6 Å². The summed E-state index contributed by atoms with van der Waals surface area (Å²) < 4.78 is 21.0. The molecule has 0 aromatic heterocycles. The maximum absolute atomic E-state index is 12.5. The molecule has 0 saturated carbocycles. The summed E-state index contributed by atoms with van der Waals surface area (Å²) in [6.45, 7) is 4.84. The Labute approximate surface area is 209 Å². The molecule has 35 heavy (non-hydrogen) atoms. The first-order valence-electron chi connectivity index (χ1n) is 10.6. The van der Waals surface area contributed by atoms with E-state index in [0.717, 1.165) is 22.4 Å². The first kappa shape index (κ1) is 25.6. The number of carbonyl (C=O) groups excluding carboxylic acids is 1. The molecule has 0 bridgehead atoms. The fourth-order valence-corrected chi connectivity index (χ4v) is 2.94. The zero-order valence-corrected chi connectivity index (χ0v) is 20.0. The summed E-state index contributed by atoms with van der Waals surface area (Å²) in [5, 5.41) is 2.33. The second-order valence-corrected chi connectivity index (χ2v) is 7.26. The van der Waals surface area contributed by atoms with Gasteiger partial charge in [-0.1, -0.05) is 30.6 Å². The molecule has 0 N–H and O–H groups in total. The van der Waals surface area contributed by atoms with E-state index in [1.807, 2.05) is 24.3 Å². The molecule has 0 amide bonds. The van der Waals surface area contributed by atoms with Crippen molar-refractivity contribution in [3.05, 3.63) is 102 Å². The number of rotatable bonds is 10. The zero-order valence-electron chi connectivity index (χ0n) is 19.2. The Hall–Kier alpha value is -4.05. The van der Waals surface area contributed by atoms with Crippen LogP contribution in [0.5, 0.6) is 5.75 Å². The second-order valence-electron chi connectivity index (χ2n) is 7.08. The van der Waals surface area contributed by atoms with Gasteiger partial charge in [0.15, 0.2) is 0 Å². The molecule has 0 saturated heterocycles. The van der Waals surface area contributed by atoms with Crippen LogP contribution >= 0.6 is 12.2 Å². The number of hydrogen-bond acceptors (Lipinski definition) is 7. The summed E-state index contributed by atoms with van der Waals surface area (Å²) >= 11 is 4.59. The van der Waals surface area contributed by atoms with Gasteiger partial charge in [0.25, 0.3) is 0 Å². The van der Waals surface area contributed by atoms with E-state index in [1.54, 1.807) is 55.6 Å². The summed E-state index contributed by atoms with van der Waals surface area (Å²) in [6, 6.07) is 21.2. The SMILES string of the molecule is C=C(OCCOCOC)c1ccc(C(=O)Oc2ccc(C#Cc3ccc(N=C=S)cc3)cc2)cc1. The van der Waals surface area contributed by atoms with Crippen molar-refractivity contribution >= 4 is 34.8 Å². The fraction of sp³-hybridized carbons (Fsp3) is 0.143. The molecule has 7 heteroatoms. The predicted molar refractivity (Wildman–Crippen MR) is 138 cm³/mol. The van der Waals surface area contributed by atoms with Crippen molar-refractivity contribution in [2.24, 2.45) is 4.99 Å². The molecule has 3 rings (SSSR count). The second kappa shape index (κ2) is 13.6. The van der Waals surface area contributed by atoms with Crippen LogP contribution in [0.25, 0.3) is 5.76 Å². The van der Waals surface area contributed by atoms with Crippen LogP contribution < -0.4 is 4.74 Å². The van der Waals surface area contributed by atoms with Gasteiger partial charge in [0.2, 0.25) is 0 Å². The molecule has 0 aliphatic carbocycles. The molecular weight excluding hydrogens is 462 g/mol. The van der Waals surface area contributed by atoms with E-state index in [-0.39, 0.29) is 6.79 Å². The van der Waals surface area contributed by atoms with E-state index in [9.17, 15) is 4.79 Å². The Balaban J connectivity index is 1.53. The number of hydrogen-bond donors (Lipinski definition) is 0. The lowest BCUT2D eigenvalue weighted by Crippen LogP contribution is -2.08. The van der Waals surface area contributed by atoms with Gasteiger partial charge in [-0.2, -0.15) is 4.99 Å². The van der Waals surface area contributed by atoms with Crippen LogP contribution in [0.15, 0.2) is 84.4 Å². The molecule has 0 heterocycles. The summed E-state index contributed by atoms with van der Waals surface area (Å²) in [4.78, 5) is 16.4. The Morgan fingerprint density at radius 3 is 2.09 bits per heavy atom. The van der Waals surface area contributed by atoms with E-state index >= 15 is 0 Å². The third-order valence-corrected chi connectivity index (χ3v) is 4.70. The van der Waals surface area contributed by atoms with Crippen LogP contribution in [-0.2, 0) is 14.2 Å². The lowest BCUT2D eigenvalue weighted by molar-refractivity contribution is -0.0410. The van der Waals surface area contributed by atoms with Gasteiger partial charge < -0.3 is 18.9 Å². The van der Waals surface area contributed by atoms with E-state index in [2.05, 4.69) is 40.8 Å². The van der Waals surface area contributed by atoms with Crippen LogP contribution in [0.4, 0.5) is 5.69 Å². The highest BCUT2D eigenvalue weighted by atomic mass is 32.1. The van der Waals surface area contributed by atoms with Gasteiger partial charge in [-0.25, -0.2) is 4.79 Å². The van der Waals surface area contributed by atoms with E-state index in [1.165, 1.54) is 0 Å². The zero-order chi connectivity index (χ0) is 24.9. The largest absolute Gasteiger partial charge is 0.491 e. The average molecular weight is 486 g/mol. The van der Waals surface area contributed by atoms with Crippen LogP contribution in [0.2, 0.25) is 0 Å². The summed E-state index contributed by atoms with van der Waals surface area (Å²) in [5.41, 5.74) is 3.54. The number of esters is 1. The number of isothiocyanates is 1. The average Bonchev–Trinajstić information content (AvgIpc) is 2.89. The number of carbonyl (C=O) groups is 1. The first-order valence-corrected chi connectivity index (χ1v) is 11.0. The third kappa shape index (κ3) is 8.35. The van der Waals surface area contributed by atoms with E-state index in [0.29, 0.717) is 30.3 Å². The minimum Gasteiger partial charge on any atom is -0.491 e. The van der Waals surface area contributed by atoms with Gasteiger partial charge >= 0.3 is 5.97 Å². The van der Waals surface area contributed by atoms with Crippen molar-refractivity contribution in [1.29, 1.82) is 0 Å². The molecular formula is C28H23NO5S. The molecule has 0 radical (unpaired) electrons. The molecule has 0 atom stereocenters. The van der Waals surface area contributed by atoms with Crippen LogP contribution in [-0.4, -0.2) is 38.2 Å². The predicted octanol–water partition coefficient (Wildman–Crippen LogP) is 5.65. The number of thiocarbonyl (C=S) groups is 1. The number of aliphatic imine (C=N–C) groups is 1. The van der Waals surface area contributed by atoms with Crippen LogP contribution in [0, 0.1) is 11.8 Å². The van der Waals surface area contributed by atoms with Crippen molar-refractivity contribution in [3.63, 3.8) is 0 Å². The standard InChI is InChI=1S/C28H23NO5S/c1-21(33-18-17-32-20-31-2)24-9-11-25(12-10-24)28(30)34-27-15-7-23(8-16-27)4-3-22-5-13-26(14-6-22)29-19-35/h5-16H,1,17-18,20H2,2H3. The van der Waals surface area contributed by atoms with Crippen molar-refractivity contribution in [2.45, 2.75) is 0 Å². The smallest absolute Gasteiger partial charge is 0.343 e. The molecule has 0 spiro atoms. The van der Waals surface area contributed by atoms with E-state index < -0.39 is 5.97 Å². The van der Waals surface area contributed by atoms with Gasteiger partial charge in [0.1, 0.15) is 24.9 Å². The summed E-state index contributed by atoms with van der Waals surface area (Å²) in [5.74, 6) is 6.60. The van der Waals surface area contributed by atoms with Gasteiger partial charge in [0, 0.05) is 23.8 Å². The van der Waals surface area contributed by atoms with Gasteiger partial charge in [0.05, 0.1) is 23.0 Å². The summed E-state index contributed by atoms with van der Waals surface area (Å²) in [7, 11) is 1.55. The molecule has 0 unspecified atom stereocenters. The lowest BCUT2D eigenvalue weighted by Gasteiger charge is -2.10. The molecule has 3 aromatic carbocycles. The number of benzene rings is 3. The van der Waals surface area contributed by atoms with Gasteiger partial charge in [-0.3, -0.25) is 0 Å². The fourth-order valence-electron chi connectivity index (χ4n) is 2.83. The highest BCUT2D eigenvalue weighted by Gasteiger charge is 2.10. The molecule has 3 aromatic rings. The normalized spacial score (nSPS) is 9.86. The van der Waals surface area contributed by atoms with Crippen molar-refractivity contribution in [1.82, 2.24) is 0 Å². The minimum atomic E-state index is -0.464. The molecule has 6 nitrogen and oxygen atoms in total. The van der Waals surface area contributed by atoms with E-state index in [4.69, 9.17) is 18.9 Å².